The lowest BCUT2D eigenvalue weighted by molar-refractivity contribution is 0.668. The van der Waals surface area contributed by atoms with Crippen LogP contribution in [0.2, 0.25) is 0 Å². The number of hydrogen-bond donors (Lipinski definition) is 0. The summed E-state index contributed by atoms with van der Waals surface area (Å²) >= 11 is 0. The van der Waals surface area contributed by atoms with Crippen LogP contribution in [0, 0.1) is 0 Å². The minimum atomic E-state index is 0.794. The van der Waals surface area contributed by atoms with E-state index in [0.717, 1.165) is 72.1 Å². The fourth-order valence-electron chi connectivity index (χ4n) is 6.40. The molecule has 0 radical (unpaired) electrons. The third-order valence-corrected chi connectivity index (χ3v) is 8.59. The van der Waals surface area contributed by atoms with E-state index in [2.05, 4.69) is 131 Å². The van der Waals surface area contributed by atoms with Gasteiger partial charge in [-0.15, -0.1) is 0 Å². The zero-order valence-electron chi connectivity index (χ0n) is 24.2. The third kappa shape index (κ3) is 4.27. The summed E-state index contributed by atoms with van der Waals surface area (Å²) in [6.07, 6.45) is 3.59. The first-order valence-electron chi connectivity index (χ1n) is 15.0. The van der Waals surface area contributed by atoms with Crippen molar-refractivity contribution in [2.24, 2.45) is 0 Å². The Hall–Kier alpha value is -6.13. The minimum absolute atomic E-state index is 0.794. The van der Waals surface area contributed by atoms with Crippen LogP contribution in [0.1, 0.15) is 0 Å². The molecule has 0 atom stereocenters. The van der Waals surface area contributed by atoms with Gasteiger partial charge in [0.25, 0.3) is 0 Å². The van der Waals surface area contributed by atoms with Crippen LogP contribution in [0.5, 0.6) is 0 Å². The number of hydrogen-bond acceptors (Lipinski definition) is 4. The summed E-state index contributed by atoms with van der Waals surface area (Å²) in [7, 11) is 0. The Balaban J connectivity index is 1.16. The van der Waals surface area contributed by atoms with Crippen molar-refractivity contribution < 1.29 is 8.83 Å². The average Bonchev–Trinajstić information content (AvgIpc) is 3.68. The number of benzene rings is 6. The monoisotopic (exact) mass is 578 g/mol. The van der Waals surface area contributed by atoms with Gasteiger partial charge in [0.15, 0.2) is 5.58 Å². The van der Waals surface area contributed by atoms with Gasteiger partial charge >= 0.3 is 0 Å². The van der Waals surface area contributed by atoms with Crippen molar-refractivity contribution >= 4 is 60.9 Å². The Bertz CT molecular complexity index is 2470. The molecule has 0 saturated heterocycles. The first-order chi connectivity index (χ1) is 22.3. The zero-order valence-corrected chi connectivity index (χ0v) is 24.2. The van der Waals surface area contributed by atoms with Crippen molar-refractivity contribution in [3.05, 3.63) is 158 Å². The van der Waals surface area contributed by atoms with E-state index in [1.807, 2.05) is 30.5 Å². The van der Waals surface area contributed by atoms with Gasteiger partial charge in [0.05, 0.1) is 6.20 Å². The van der Waals surface area contributed by atoms with Gasteiger partial charge in [-0.3, -0.25) is 4.98 Å². The SMILES string of the molecule is c1ccc(-c2ccc(N(c3ccc(-c4cccc5c4oc4cnccc45)cc3)c3ccc4c(c3)oc3ccccc34)cc2)cc1. The van der Waals surface area contributed by atoms with Crippen LogP contribution in [-0.2, 0) is 0 Å². The van der Waals surface area contributed by atoms with E-state index in [9.17, 15) is 0 Å². The molecule has 3 aromatic heterocycles. The molecule has 0 amide bonds. The van der Waals surface area contributed by atoms with Crippen molar-refractivity contribution in [3.63, 3.8) is 0 Å². The largest absolute Gasteiger partial charge is 0.456 e. The zero-order chi connectivity index (χ0) is 29.7. The standard InChI is InChI=1S/C41H26N2O2/c1-2-7-27(8-3-1)28-13-17-30(18-14-28)43(32-21-22-35-34-9-4-5-12-38(34)44-39(35)25-32)31-19-15-29(16-20-31)33-10-6-11-37-36-23-24-42-26-40(36)45-41(33)37/h1-26H. The highest BCUT2D eigenvalue weighted by Crippen LogP contribution is 2.41. The highest BCUT2D eigenvalue weighted by molar-refractivity contribution is 6.09. The van der Waals surface area contributed by atoms with Gasteiger partial charge in [-0.25, -0.2) is 0 Å². The van der Waals surface area contributed by atoms with Gasteiger partial charge in [-0.1, -0.05) is 91.0 Å². The lowest BCUT2D eigenvalue weighted by atomic mass is 10.0. The molecule has 0 unspecified atom stereocenters. The number of nitrogens with zero attached hydrogens (tertiary/aromatic N) is 2. The smallest absolute Gasteiger partial charge is 0.153 e. The maximum atomic E-state index is 6.29. The number of anilines is 3. The Labute approximate surface area is 259 Å². The fraction of sp³-hybridized carbons (Fsp3) is 0. The summed E-state index contributed by atoms with van der Waals surface area (Å²) < 4.78 is 12.6. The highest BCUT2D eigenvalue weighted by Gasteiger charge is 2.17. The Kier molecular flexibility index (Phi) is 5.78. The van der Waals surface area contributed by atoms with Crippen LogP contribution in [-0.4, -0.2) is 4.98 Å². The molecule has 9 rings (SSSR count). The molecule has 212 valence electrons. The van der Waals surface area contributed by atoms with E-state index in [1.165, 1.54) is 11.1 Å². The summed E-state index contributed by atoms with van der Waals surface area (Å²) in [5.41, 5.74) is 11.1. The number of para-hydroxylation sites is 2. The Morgan fingerprint density at radius 1 is 0.422 bits per heavy atom. The van der Waals surface area contributed by atoms with Gasteiger partial charge in [0.2, 0.25) is 0 Å². The molecular weight excluding hydrogens is 552 g/mol. The molecule has 6 aromatic carbocycles. The summed E-state index contributed by atoms with van der Waals surface area (Å²) in [5, 5.41) is 4.40. The Morgan fingerprint density at radius 3 is 1.89 bits per heavy atom. The molecule has 0 aliphatic carbocycles. The average molecular weight is 579 g/mol. The number of fused-ring (bicyclic) bond motifs is 6. The number of aromatic nitrogens is 1. The Morgan fingerprint density at radius 2 is 1.07 bits per heavy atom. The molecule has 9 aromatic rings. The normalized spacial score (nSPS) is 11.6. The van der Waals surface area contributed by atoms with Crippen molar-refractivity contribution in [1.29, 1.82) is 0 Å². The molecule has 3 heterocycles. The topological polar surface area (TPSA) is 42.4 Å². The second-order valence-corrected chi connectivity index (χ2v) is 11.2. The van der Waals surface area contributed by atoms with E-state index in [-0.39, 0.29) is 0 Å². The molecule has 0 saturated carbocycles. The second kappa shape index (κ2) is 10.2. The first kappa shape index (κ1) is 25.4. The van der Waals surface area contributed by atoms with Crippen LogP contribution in [0.25, 0.3) is 66.1 Å². The first-order valence-corrected chi connectivity index (χ1v) is 15.0. The van der Waals surface area contributed by atoms with Crippen LogP contribution in [0.15, 0.2) is 167 Å². The lowest BCUT2D eigenvalue weighted by Crippen LogP contribution is -2.09. The molecule has 0 aliphatic heterocycles. The predicted octanol–water partition coefficient (Wildman–Crippen LogP) is 11.7. The van der Waals surface area contributed by atoms with Crippen molar-refractivity contribution in [2.75, 3.05) is 4.90 Å². The maximum Gasteiger partial charge on any atom is 0.153 e. The molecular formula is C41H26N2O2. The van der Waals surface area contributed by atoms with Crippen LogP contribution in [0.3, 0.4) is 0 Å². The van der Waals surface area contributed by atoms with Gasteiger partial charge in [0.1, 0.15) is 16.7 Å². The molecule has 0 N–H and O–H groups in total. The molecule has 0 bridgehead atoms. The molecule has 45 heavy (non-hydrogen) atoms. The van der Waals surface area contributed by atoms with E-state index < -0.39 is 0 Å². The van der Waals surface area contributed by atoms with Gasteiger partial charge in [0, 0.05) is 56.4 Å². The summed E-state index contributed by atoms with van der Waals surface area (Å²) in [4.78, 5) is 6.52. The van der Waals surface area contributed by atoms with Crippen LogP contribution >= 0.6 is 0 Å². The van der Waals surface area contributed by atoms with E-state index in [0.29, 0.717) is 0 Å². The maximum absolute atomic E-state index is 6.29. The lowest BCUT2D eigenvalue weighted by Gasteiger charge is -2.26. The predicted molar refractivity (Wildman–Crippen MR) is 184 cm³/mol. The second-order valence-electron chi connectivity index (χ2n) is 11.2. The van der Waals surface area contributed by atoms with Crippen LogP contribution < -0.4 is 4.90 Å². The minimum Gasteiger partial charge on any atom is -0.456 e. The summed E-state index contributed by atoms with van der Waals surface area (Å²) in [6.45, 7) is 0. The quantitative estimate of drug-likeness (QED) is 0.204. The van der Waals surface area contributed by atoms with Gasteiger partial charge in [-0.2, -0.15) is 0 Å². The van der Waals surface area contributed by atoms with Crippen molar-refractivity contribution in [1.82, 2.24) is 4.98 Å². The van der Waals surface area contributed by atoms with Gasteiger partial charge in [-0.05, 0) is 65.2 Å². The van der Waals surface area contributed by atoms with Crippen LogP contribution in [0.4, 0.5) is 17.1 Å². The molecule has 0 aliphatic rings. The summed E-state index contributed by atoms with van der Waals surface area (Å²) in [5.74, 6) is 0. The van der Waals surface area contributed by atoms with Crippen molar-refractivity contribution in [3.8, 4) is 22.3 Å². The molecule has 4 nitrogen and oxygen atoms in total. The number of pyridine rings is 1. The third-order valence-electron chi connectivity index (χ3n) is 8.59. The van der Waals surface area contributed by atoms with Gasteiger partial charge < -0.3 is 13.7 Å². The van der Waals surface area contributed by atoms with E-state index >= 15 is 0 Å². The van der Waals surface area contributed by atoms with Crippen molar-refractivity contribution in [2.45, 2.75) is 0 Å². The highest BCUT2D eigenvalue weighted by atomic mass is 16.3. The van der Waals surface area contributed by atoms with E-state index in [4.69, 9.17) is 8.83 Å². The fourth-order valence-corrected chi connectivity index (χ4v) is 6.40. The molecule has 4 heteroatoms. The molecule has 0 spiro atoms. The summed E-state index contributed by atoms with van der Waals surface area (Å²) in [6, 6.07) is 50.9. The number of furan rings is 2. The molecule has 0 fully saturated rings. The van der Waals surface area contributed by atoms with E-state index in [1.54, 1.807) is 6.20 Å². The number of rotatable bonds is 5.